The molecule has 0 bridgehead atoms. The Morgan fingerprint density at radius 1 is 1.08 bits per heavy atom. The molecule has 134 valence electrons. The van der Waals surface area contributed by atoms with Crippen LogP contribution >= 0.6 is 11.3 Å². The molecule has 3 N–H and O–H groups in total. The average molecular weight is 381 g/mol. The number of hydrogen-bond acceptors (Lipinski definition) is 5. The van der Waals surface area contributed by atoms with Gasteiger partial charge in [-0.05, 0) is 35.7 Å². The van der Waals surface area contributed by atoms with Crippen molar-refractivity contribution < 1.29 is 18.0 Å². The van der Waals surface area contributed by atoms with Crippen LogP contribution in [0.15, 0.2) is 46.7 Å². The number of amides is 2. The van der Waals surface area contributed by atoms with Crippen LogP contribution in [0.25, 0.3) is 0 Å². The highest BCUT2D eigenvalue weighted by atomic mass is 32.2. The van der Waals surface area contributed by atoms with E-state index in [0.29, 0.717) is 5.69 Å². The van der Waals surface area contributed by atoms with Crippen LogP contribution in [-0.2, 0) is 26.0 Å². The molecule has 2 amide bonds. The summed E-state index contributed by atoms with van der Waals surface area (Å²) >= 11 is 1.50. The minimum absolute atomic E-state index is 0.0892. The summed E-state index contributed by atoms with van der Waals surface area (Å²) in [4.78, 5) is 23.7. The molecule has 0 radical (unpaired) electrons. The molecule has 7 nitrogen and oxygen atoms in total. The highest BCUT2D eigenvalue weighted by molar-refractivity contribution is 7.89. The standard InChI is InChI=1S/C16H19N3O4S2/c1-12(20)19-13-4-6-15(7-5-13)25(22,23)18-9-8-17-16(21)11-14-3-2-10-24-14/h2-7,10,18H,8-9,11H2,1H3,(H,17,21)(H,19,20). The van der Waals surface area contributed by atoms with Crippen LogP contribution in [0.1, 0.15) is 11.8 Å². The zero-order valence-corrected chi connectivity index (χ0v) is 15.2. The Balaban J connectivity index is 1.79. The highest BCUT2D eigenvalue weighted by Gasteiger charge is 2.13. The molecule has 2 aromatic rings. The summed E-state index contributed by atoms with van der Waals surface area (Å²) in [5, 5.41) is 7.13. The molecule has 0 atom stereocenters. The summed E-state index contributed by atoms with van der Waals surface area (Å²) in [5.74, 6) is -0.381. The van der Waals surface area contributed by atoms with Crippen molar-refractivity contribution in [2.24, 2.45) is 0 Å². The van der Waals surface area contributed by atoms with E-state index in [-0.39, 0.29) is 36.2 Å². The van der Waals surface area contributed by atoms with Gasteiger partial charge in [0.25, 0.3) is 0 Å². The van der Waals surface area contributed by atoms with Gasteiger partial charge in [-0.1, -0.05) is 6.07 Å². The van der Waals surface area contributed by atoms with Gasteiger partial charge in [0.2, 0.25) is 21.8 Å². The largest absolute Gasteiger partial charge is 0.354 e. The number of anilines is 1. The van der Waals surface area contributed by atoms with Gasteiger partial charge in [-0.15, -0.1) is 11.3 Å². The molecule has 0 unspecified atom stereocenters. The van der Waals surface area contributed by atoms with Crippen molar-refractivity contribution in [3.63, 3.8) is 0 Å². The van der Waals surface area contributed by atoms with Crippen LogP contribution < -0.4 is 15.4 Å². The van der Waals surface area contributed by atoms with Gasteiger partial charge < -0.3 is 10.6 Å². The number of sulfonamides is 1. The third kappa shape index (κ3) is 6.29. The number of hydrogen-bond donors (Lipinski definition) is 3. The Morgan fingerprint density at radius 2 is 1.80 bits per heavy atom. The maximum absolute atomic E-state index is 12.2. The topological polar surface area (TPSA) is 104 Å². The first-order valence-electron chi connectivity index (χ1n) is 7.53. The molecule has 1 aromatic carbocycles. The molecular weight excluding hydrogens is 362 g/mol. The molecule has 2 rings (SSSR count). The van der Waals surface area contributed by atoms with Gasteiger partial charge in [0, 0.05) is 30.6 Å². The Bertz CT molecular complexity index is 816. The fourth-order valence-corrected chi connectivity index (χ4v) is 3.76. The first-order valence-corrected chi connectivity index (χ1v) is 9.89. The van der Waals surface area contributed by atoms with Crippen molar-refractivity contribution in [2.45, 2.75) is 18.2 Å². The molecule has 0 spiro atoms. The summed E-state index contributed by atoms with van der Waals surface area (Å²) in [6, 6.07) is 9.58. The number of nitrogens with one attached hydrogen (secondary N) is 3. The van der Waals surface area contributed by atoms with Gasteiger partial charge in [0.1, 0.15) is 0 Å². The van der Waals surface area contributed by atoms with E-state index < -0.39 is 10.0 Å². The second kappa shape index (κ2) is 8.75. The summed E-state index contributed by atoms with van der Waals surface area (Å²) < 4.78 is 26.7. The third-order valence-electron chi connectivity index (χ3n) is 3.14. The van der Waals surface area contributed by atoms with Crippen LogP contribution in [0.4, 0.5) is 5.69 Å². The first-order chi connectivity index (χ1) is 11.9. The lowest BCUT2D eigenvalue weighted by Gasteiger charge is -2.09. The fraction of sp³-hybridized carbons (Fsp3) is 0.250. The Kier molecular flexibility index (Phi) is 6.68. The van der Waals surface area contributed by atoms with Gasteiger partial charge in [0.05, 0.1) is 11.3 Å². The molecule has 1 aromatic heterocycles. The molecule has 0 aliphatic heterocycles. The fourth-order valence-electron chi connectivity index (χ4n) is 2.03. The minimum atomic E-state index is -3.67. The lowest BCUT2D eigenvalue weighted by atomic mass is 10.3. The zero-order chi connectivity index (χ0) is 18.3. The number of carbonyl (C=O) groups is 2. The maximum atomic E-state index is 12.2. The molecule has 0 aliphatic rings. The number of rotatable bonds is 8. The molecule has 0 saturated heterocycles. The van der Waals surface area contributed by atoms with E-state index in [2.05, 4.69) is 15.4 Å². The molecule has 0 fully saturated rings. The minimum Gasteiger partial charge on any atom is -0.354 e. The monoisotopic (exact) mass is 381 g/mol. The Labute approximate surface area is 150 Å². The molecule has 0 saturated carbocycles. The lowest BCUT2D eigenvalue weighted by molar-refractivity contribution is -0.120. The normalized spacial score (nSPS) is 11.1. The van der Waals surface area contributed by atoms with Crippen molar-refractivity contribution in [1.29, 1.82) is 0 Å². The van der Waals surface area contributed by atoms with Crippen molar-refractivity contribution >= 4 is 38.9 Å². The number of thiophene rings is 1. The smallest absolute Gasteiger partial charge is 0.240 e. The van der Waals surface area contributed by atoms with Crippen LogP contribution in [0.5, 0.6) is 0 Å². The summed E-state index contributed by atoms with van der Waals surface area (Å²) in [5.41, 5.74) is 0.521. The van der Waals surface area contributed by atoms with Crippen LogP contribution in [-0.4, -0.2) is 33.3 Å². The van der Waals surface area contributed by atoms with Gasteiger partial charge in [-0.2, -0.15) is 0 Å². The van der Waals surface area contributed by atoms with E-state index in [1.54, 1.807) is 0 Å². The SMILES string of the molecule is CC(=O)Nc1ccc(S(=O)(=O)NCCNC(=O)Cc2cccs2)cc1. The Morgan fingerprint density at radius 3 is 2.40 bits per heavy atom. The van der Waals surface area contributed by atoms with E-state index in [9.17, 15) is 18.0 Å². The van der Waals surface area contributed by atoms with Crippen LogP contribution in [0, 0.1) is 0 Å². The van der Waals surface area contributed by atoms with E-state index in [0.717, 1.165) is 4.88 Å². The Hall–Kier alpha value is -2.23. The highest BCUT2D eigenvalue weighted by Crippen LogP contribution is 2.13. The van der Waals surface area contributed by atoms with E-state index in [1.165, 1.54) is 42.5 Å². The number of benzene rings is 1. The lowest BCUT2D eigenvalue weighted by Crippen LogP contribution is -2.35. The van der Waals surface area contributed by atoms with Crippen molar-refractivity contribution in [2.75, 3.05) is 18.4 Å². The van der Waals surface area contributed by atoms with Crippen LogP contribution in [0.2, 0.25) is 0 Å². The van der Waals surface area contributed by atoms with Gasteiger partial charge >= 0.3 is 0 Å². The summed E-state index contributed by atoms with van der Waals surface area (Å²) in [6.45, 7) is 1.67. The maximum Gasteiger partial charge on any atom is 0.240 e. The first kappa shape index (κ1) is 19.1. The average Bonchev–Trinajstić information content (AvgIpc) is 3.04. The molecule has 0 aliphatic carbocycles. The number of carbonyl (C=O) groups excluding carboxylic acids is 2. The van der Waals surface area contributed by atoms with Crippen LogP contribution in [0.3, 0.4) is 0 Å². The third-order valence-corrected chi connectivity index (χ3v) is 5.49. The van der Waals surface area contributed by atoms with Gasteiger partial charge in [-0.3, -0.25) is 9.59 Å². The van der Waals surface area contributed by atoms with E-state index in [4.69, 9.17) is 0 Å². The quantitative estimate of drug-likeness (QED) is 0.600. The van der Waals surface area contributed by atoms with Crippen molar-refractivity contribution in [1.82, 2.24) is 10.0 Å². The van der Waals surface area contributed by atoms with Gasteiger partial charge in [-0.25, -0.2) is 13.1 Å². The van der Waals surface area contributed by atoms with Gasteiger partial charge in [0.15, 0.2) is 0 Å². The van der Waals surface area contributed by atoms with Crippen molar-refractivity contribution in [3.05, 3.63) is 46.7 Å². The van der Waals surface area contributed by atoms with Crippen molar-refractivity contribution in [3.8, 4) is 0 Å². The summed E-state index contributed by atoms with van der Waals surface area (Å²) in [7, 11) is -3.67. The summed E-state index contributed by atoms with van der Waals surface area (Å²) in [6.07, 6.45) is 0.287. The molecule has 25 heavy (non-hydrogen) atoms. The van der Waals surface area contributed by atoms with E-state index in [1.807, 2.05) is 17.5 Å². The molecule has 9 heteroatoms. The predicted molar refractivity (Wildman–Crippen MR) is 97.0 cm³/mol. The molecule has 1 heterocycles. The van der Waals surface area contributed by atoms with E-state index >= 15 is 0 Å². The second-order valence-corrected chi connectivity index (χ2v) is 8.01. The molecular formula is C16H19N3O4S2. The predicted octanol–water partition coefficient (Wildman–Crippen LogP) is 1.34. The second-order valence-electron chi connectivity index (χ2n) is 5.21. The zero-order valence-electron chi connectivity index (χ0n) is 13.6.